The smallest absolute Gasteiger partial charge is 0.309 e. The number of rotatable bonds is 4. The molecule has 1 N–H and O–H groups in total. The summed E-state index contributed by atoms with van der Waals surface area (Å²) in [5, 5.41) is 23.0. The van der Waals surface area contributed by atoms with Crippen molar-refractivity contribution in [3.63, 3.8) is 0 Å². The number of anilines is 1. The Morgan fingerprint density at radius 1 is 1.56 bits per heavy atom. The predicted octanol–water partition coefficient (Wildman–Crippen LogP) is 2.06. The van der Waals surface area contributed by atoms with Crippen molar-refractivity contribution >= 4 is 11.4 Å². The van der Waals surface area contributed by atoms with E-state index in [9.17, 15) is 10.1 Å². The molecule has 0 saturated heterocycles. The molecule has 0 amide bonds. The lowest BCUT2D eigenvalue weighted by Gasteiger charge is -2.35. The number of ether oxygens (including phenoxy) is 1. The molecule has 0 aliphatic heterocycles. The Kier molecular flexibility index (Phi) is 3.44. The summed E-state index contributed by atoms with van der Waals surface area (Å²) < 4.78 is 5.15. The highest BCUT2D eigenvalue weighted by molar-refractivity contribution is 5.68. The molecule has 1 aliphatic carbocycles. The minimum Gasteiger partial charge on any atom is -0.381 e. The number of nitro groups is 1. The summed E-state index contributed by atoms with van der Waals surface area (Å²) >= 11 is 0. The van der Waals surface area contributed by atoms with Crippen molar-refractivity contribution in [2.75, 3.05) is 12.4 Å². The fraction of sp³-hybridized carbons (Fsp3) is 0.417. The molecule has 0 unspecified atom stereocenters. The minimum absolute atomic E-state index is 0.0765. The second kappa shape index (κ2) is 5.02. The first kappa shape index (κ1) is 12.3. The van der Waals surface area contributed by atoms with Gasteiger partial charge in [0.15, 0.2) is 0 Å². The van der Waals surface area contributed by atoms with Crippen molar-refractivity contribution in [2.45, 2.75) is 25.0 Å². The first-order valence-electron chi connectivity index (χ1n) is 5.62. The van der Waals surface area contributed by atoms with Crippen LogP contribution in [0.3, 0.4) is 0 Å². The summed E-state index contributed by atoms with van der Waals surface area (Å²) in [5.74, 6) is 0. The average molecular weight is 247 g/mol. The van der Waals surface area contributed by atoms with Crippen LogP contribution in [0.5, 0.6) is 0 Å². The molecule has 1 fully saturated rings. The van der Waals surface area contributed by atoms with E-state index in [1.165, 1.54) is 6.07 Å². The standard InChI is InChI=1S/C12H13N3O3/c1-18-10-5-9(6-10)14-11-4-2-3-8(7-13)12(11)15(16)17/h2-4,9-10,14H,5-6H2,1H3. The topological polar surface area (TPSA) is 88.2 Å². The van der Waals surface area contributed by atoms with Gasteiger partial charge in [-0.25, -0.2) is 0 Å². The third-order valence-electron chi connectivity index (χ3n) is 3.13. The summed E-state index contributed by atoms with van der Waals surface area (Å²) in [4.78, 5) is 10.5. The zero-order valence-corrected chi connectivity index (χ0v) is 9.92. The van der Waals surface area contributed by atoms with Gasteiger partial charge in [-0.3, -0.25) is 10.1 Å². The summed E-state index contributed by atoms with van der Waals surface area (Å²) in [6.07, 6.45) is 1.87. The van der Waals surface area contributed by atoms with E-state index < -0.39 is 4.92 Å². The molecule has 1 aromatic carbocycles. The molecule has 6 heteroatoms. The van der Waals surface area contributed by atoms with Gasteiger partial charge in [0.05, 0.1) is 11.0 Å². The van der Waals surface area contributed by atoms with Crippen LogP contribution < -0.4 is 5.32 Å². The van der Waals surface area contributed by atoms with Crippen molar-refractivity contribution < 1.29 is 9.66 Å². The predicted molar refractivity (Wildman–Crippen MR) is 65.3 cm³/mol. The second-order valence-electron chi connectivity index (χ2n) is 4.24. The van der Waals surface area contributed by atoms with Gasteiger partial charge in [-0.1, -0.05) is 6.07 Å². The van der Waals surface area contributed by atoms with Crippen molar-refractivity contribution in [3.05, 3.63) is 33.9 Å². The third kappa shape index (κ3) is 2.26. The first-order valence-corrected chi connectivity index (χ1v) is 5.62. The highest BCUT2D eigenvalue weighted by atomic mass is 16.6. The molecule has 2 rings (SSSR count). The quantitative estimate of drug-likeness (QED) is 0.649. The van der Waals surface area contributed by atoms with Crippen LogP contribution in [0.1, 0.15) is 18.4 Å². The number of methoxy groups -OCH3 is 1. The van der Waals surface area contributed by atoms with Gasteiger partial charge in [-0.15, -0.1) is 0 Å². The van der Waals surface area contributed by atoms with Crippen LogP contribution in [0.15, 0.2) is 18.2 Å². The van der Waals surface area contributed by atoms with E-state index in [2.05, 4.69) is 5.32 Å². The van der Waals surface area contributed by atoms with Gasteiger partial charge in [0, 0.05) is 13.2 Å². The van der Waals surface area contributed by atoms with Crippen molar-refractivity contribution in [2.24, 2.45) is 0 Å². The molecule has 0 radical (unpaired) electrons. The molecule has 1 aromatic rings. The zero-order valence-electron chi connectivity index (χ0n) is 9.92. The maximum absolute atomic E-state index is 11.0. The number of benzene rings is 1. The van der Waals surface area contributed by atoms with E-state index in [1.54, 1.807) is 19.2 Å². The van der Waals surface area contributed by atoms with Crippen LogP contribution in [-0.2, 0) is 4.74 Å². The number of para-hydroxylation sites is 1. The van der Waals surface area contributed by atoms with Crippen molar-refractivity contribution in [3.8, 4) is 6.07 Å². The summed E-state index contributed by atoms with van der Waals surface area (Å²) in [6, 6.07) is 6.72. The zero-order chi connectivity index (χ0) is 13.1. The van der Waals surface area contributed by atoms with E-state index in [0.717, 1.165) is 12.8 Å². The normalized spacial score (nSPS) is 21.8. The first-order chi connectivity index (χ1) is 8.65. The van der Waals surface area contributed by atoms with Crippen LogP contribution in [0.2, 0.25) is 0 Å². The Bertz CT molecular complexity index is 504. The molecule has 1 aliphatic rings. The monoisotopic (exact) mass is 247 g/mol. The molecular formula is C12H13N3O3. The van der Waals surface area contributed by atoms with Gasteiger partial charge < -0.3 is 10.1 Å². The van der Waals surface area contributed by atoms with Crippen LogP contribution in [0, 0.1) is 21.4 Å². The van der Waals surface area contributed by atoms with Gasteiger partial charge in [-0.05, 0) is 25.0 Å². The molecule has 18 heavy (non-hydrogen) atoms. The van der Waals surface area contributed by atoms with E-state index in [0.29, 0.717) is 5.69 Å². The molecule has 94 valence electrons. The van der Waals surface area contributed by atoms with Gasteiger partial charge in [0.1, 0.15) is 17.3 Å². The van der Waals surface area contributed by atoms with Gasteiger partial charge in [0.2, 0.25) is 0 Å². The maximum atomic E-state index is 11.0. The number of hydrogen-bond donors (Lipinski definition) is 1. The molecule has 6 nitrogen and oxygen atoms in total. The number of hydrogen-bond acceptors (Lipinski definition) is 5. The van der Waals surface area contributed by atoms with E-state index in [-0.39, 0.29) is 23.4 Å². The minimum atomic E-state index is -0.520. The summed E-state index contributed by atoms with van der Waals surface area (Å²) in [7, 11) is 1.65. The fourth-order valence-electron chi connectivity index (χ4n) is 2.04. The Morgan fingerprint density at radius 3 is 2.83 bits per heavy atom. The van der Waals surface area contributed by atoms with Crippen molar-refractivity contribution in [1.82, 2.24) is 0 Å². The number of nitrogens with zero attached hydrogens (tertiary/aromatic N) is 2. The Balaban J connectivity index is 2.18. The molecular weight excluding hydrogens is 234 g/mol. The third-order valence-corrected chi connectivity index (χ3v) is 3.13. The van der Waals surface area contributed by atoms with Crippen LogP contribution in [0.4, 0.5) is 11.4 Å². The van der Waals surface area contributed by atoms with E-state index >= 15 is 0 Å². The number of nitriles is 1. The second-order valence-corrected chi connectivity index (χ2v) is 4.24. The number of nitrogens with one attached hydrogen (secondary N) is 1. The van der Waals surface area contributed by atoms with Crippen LogP contribution >= 0.6 is 0 Å². The summed E-state index contributed by atoms with van der Waals surface area (Å²) in [6.45, 7) is 0. The molecule has 0 spiro atoms. The molecule has 0 bridgehead atoms. The summed E-state index contributed by atoms with van der Waals surface area (Å²) in [5.41, 5.74) is 0.326. The highest BCUT2D eigenvalue weighted by Crippen LogP contribution is 2.32. The lowest BCUT2D eigenvalue weighted by molar-refractivity contribution is -0.384. The Labute approximate surface area is 104 Å². The Morgan fingerprint density at radius 2 is 2.28 bits per heavy atom. The van der Waals surface area contributed by atoms with Crippen molar-refractivity contribution in [1.29, 1.82) is 5.26 Å². The maximum Gasteiger partial charge on any atom is 0.309 e. The van der Waals surface area contributed by atoms with Gasteiger partial charge in [-0.2, -0.15) is 5.26 Å². The van der Waals surface area contributed by atoms with Gasteiger partial charge >= 0.3 is 5.69 Å². The molecule has 0 heterocycles. The van der Waals surface area contributed by atoms with E-state index in [4.69, 9.17) is 10.00 Å². The average Bonchev–Trinajstić information content (AvgIpc) is 2.32. The van der Waals surface area contributed by atoms with E-state index in [1.807, 2.05) is 6.07 Å². The fourth-order valence-corrected chi connectivity index (χ4v) is 2.04. The Hall–Kier alpha value is -2.13. The van der Waals surface area contributed by atoms with Crippen LogP contribution in [-0.4, -0.2) is 24.2 Å². The SMILES string of the molecule is COC1CC(Nc2cccc(C#N)c2[N+](=O)[O-])C1. The van der Waals surface area contributed by atoms with Crippen LogP contribution in [0.25, 0.3) is 0 Å². The molecule has 0 aromatic heterocycles. The number of nitro benzene ring substituents is 1. The lowest BCUT2D eigenvalue weighted by atomic mass is 9.89. The molecule has 0 atom stereocenters. The molecule has 1 saturated carbocycles. The lowest BCUT2D eigenvalue weighted by Crippen LogP contribution is -2.40. The van der Waals surface area contributed by atoms with Gasteiger partial charge in [0.25, 0.3) is 0 Å². The largest absolute Gasteiger partial charge is 0.381 e. The highest BCUT2D eigenvalue weighted by Gasteiger charge is 2.31.